The molecule has 2 aliphatic rings. The average molecular weight is 375 g/mol. The number of fused-ring (bicyclic) bond motifs is 1. The molecule has 0 unspecified atom stereocenters. The minimum absolute atomic E-state index is 0.149. The van der Waals surface area contributed by atoms with Crippen LogP contribution in [0, 0.1) is 23.7 Å². The number of ketones is 1. The van der Waals surface area contributed by atoms with Crippen molar-refractivity contribution in [3.05, 3.63) is 71.3 Å². The summed E-state index contributed by atoms with van der Waals surface area (Å²) in [7, 11) is -1.35. The van der Waals surface area contributed by atoms with Gasteiger partial charge in [0, 0.05) is 16.2 Å². The molecule has 3 nitrogen and oxygen atoms in total. The highest BCUT2D eigenvalue weighted by atomic mass is 32.2. The summed E-state index contributed by atoms with van der Waals surface area (Å²) in [5.41, 5.74) is 2.01. The Labute approximate surface area is 162 Å². The van der Waals surface area contributed by atoms with Crippen LogP contribution in [-0.4, -0.2) is 9.99 Å². The Morgan fingerprint density at radius 1 is 1.07 bits per heavy atom. The van der Waals surface area contributed by atoms with Crippen LogP contribution in [0.1, 0.15) is 37.3 Å². The minimum Gasteiger partial charge on any atom is -0.295 e. The van der Waals surface area contributed by atoms with Crippen LogP contribution in [-0.2, 0) is 21.0 Å². The van der Waals surface area contributed by atoms with Crippen molar-refractivity contribution in [3.63, 3.8) is 0 Å². The SMILES string of the molecule is Cc1ccc([S@](=O)c2ccccc2[C@]2(C#N)CC3=CC(=O)C[C@@]3(C)C2)cc1. The Bertz CT molecular complexity index is 1030. The zero-order chi connectivity index (χ0) is 19.2. The van der Waals surface area contributed by atoms with Gasteiger partial charge in [0.25, 0.3) is 0 Å². The van der Waals surface area contributed by atoms with Gasteiger partial charge in [-0.2, -0.15) is 5.26 Å². The van der Waals surface area contributed by atoms with Crippen molar-refractivity contribution in [2.24, 2.45) is 5.41 Å². The molecule has 0 aliphatic heterocycles. The summed E-state index contributed by atoms with van der Waals surface area (Å²) in [6.45, 7) is 4.07. The molecule has 2 aliphatic carbocycles. The van der Waals surface area contributed by atoms with Gasteiger partial charge in [0.2, 0.25) is 0 Å². The second-order valence-corrected chi connectivity index (χ2v) is 9.45. The Hall–Kier alpha value is -2.51. The lowest BCUT2D eigenvalue weighted by atomic mass is 9.75. The number of carbonyl (C=O) groups is 1. The highest BCUT2D eigenvalue weighted by Crippen LogP contribution is 2.58. The van der Waals surface area contributed by atoms with Gasteiger partial charge in [0.15, 0.2) is 5.78 Å². The van der Waals surface area contributed by atoms with E-state index in [0.717, 1.165) is 21.6 Å². The van der Waals surface area contributed by atoms with E-state index in [2.05, 4.69) is 13.0 Å². The molecule has 136 valence electrons. The van der Waals surface area contributed by atoms with E-state index in [9.17, 15) is 14.3 Å². The maximum absolute atomic E-state index is 13.3. The fourth-order valence-electron chi connectivity index (χ4n) is 4.55. The Morgan fingerprint density at radius 2 is 1.78 bits per heavy atom. The van der Waals surface area contributed by atoms with Crippen LogP contribution < -0.4 is 0 Å². The van der Waals surface area contributed by atoms with E-state index < -0.39 is 16.2 Å². The van der Waals surface area contributed by atoms with E-state index in [0.29, 0.717) is 24.2 Å². The van der Waals surface area contributed by atoms with Crippen molar-refractivity contribution >= 4 is 16.6 Å². The second kappa shape index (κ2) is 6.28. The molecular formula is C23H21NO2S. The number of nitriles is 1. The maximum Gasteiger partial charge on any atom is 0.156 e. The molecule has 2 aromatic rings. The molecule has 27 heavy (non-hydrogen) atoms. The molecule has 0 saturated heterocycles. The number of nitrogens with zero attached hydrogens (tertiary/aromatic N) is 1. The van der Waals surface area contributed by atoms with Crippen LogP contribution >= 0.6 is 0 Å². The predicted molar refractivity (Wildman–Crippen MR) is 105 cm³/mol. The summed E-state index contributed by atoms with van der Waals surface area (Å²) < 4.78 is 13.3. The van der Waals surface area contributed by atoms with Crippen LogP contribution in [0.4, 0.5) is 0 Å². The number of hydrogen-bond acceptors (Lipinski definition) is 3. The van der Waals surface area contributed by atoms with Gasteiger partial charge in [-0.05, 0) is 55.0 Å². The number of aryl methyl sites for hydroxylation is 1. The lowest BCUT2D eigenvalue weighted by Gasteiger charge is -2.27. The molecule has 1 fully saturated rings. The predicted octanol–water partition coefficient (Wildman–Crippen LogP) is 4.62. The number of benzene rings is 2. The quantitative estimate of drug-likeness (QED) is 0.786. The van der Waals surface area contributed by atoms with E-state index in [-0.39, 0.29) is 11.2 Å². The highest BCUT2D eigenvalue weighted by Gasteiger charge is 2.54. The van der Waals surface area contributed by atoms with Gasteiger partial charge < -0.3 is 0 Å². The van der Waals surface area contributed by atoms with Gasteiger partial charge in [-0.1, -0.05) is 48.4 Å². The summed E-state index contributed by atoms with van der Waals surface area (Å²) in [6, 6.07) is 17.8. The van der Waals surface area contributed by atoms with Crippen molar-refractivity contribution in [2.45, 2.75) is 48.3 Å². The second-order valence-electron chi connectivity index (χ2n) is 8.00. The third kappa shape index (κ3) is 2.87. The maximum atomic E-state index is 13.3. The Kier molecular flexibility index (Phi) is 4.16. The minimum atomic E-state index is -1.35. The van der Waals surface area contributed by atoms with Crippen molar-refractivity contribution in [1.29, 1.82) is 5.26 Å². The van der Waals surface area contributed by atoms with E-state index in [4.69, 9.17) is 0 Å². The summed E-state index contributed by atoms with van der Waals surface area (Å²) in [4.78, 5) is 13.3. The molecule has 0 heterocycles. The smallest absolute Gasteiger partial charge is 0.156 e. The molecule has 3 atom stereocenters. The molecule has 0 amide bonds. The third-order valence-electron chi connectivity index (χ3n) is 5.91. The van der Waals surface area contributed by atoms with Gasteiger partial charge >= 0.3 is 0 Å². The molecule has 0 bridgehead atoms. The van der Waals surface area contributed by atoms with Gasteiger partial charge in [-0.15, -0.1) is 0 Å². The van der Waals surface area contributed by atoms with Crippen molar-refractivity contribution < 1.29 is 9.00 Å². The van der Waals surface area contributed by atoms with Crippen molar-refractivity contribution in [3.8, 4) is 6.07 Å². The van der Waals surface area contributed by atoms with Gasteiger partial charge in [-0.3, -0.25) is 4.79 Å². The molecule has 4 heteroatoms. The zero-order valence-electron chi connectivity index (χ0n) is 15.5. The standard InChI is InChI=1S/C23H21NO2S/c1-16-7-9-19(10-8-16)27(26)21-6-4-3-5-20(21)23(15-24)12-17-11-18(25)13-22(17,2)14-23/h3-11H,12-14H2,1-2H3/t22-,23+,27-/m0/s1. The molecule has 2 aromatic carbocycles. The summed E-state index contributed by atoms with van der Waals surface area (Å²) >= 11 is 0. The van der Waals surface area contributed by atoms with Crippen LogP contribution in [0.15, 0.2) is 70.0 Å². The highest BCUT2D eigenvalue weighted by molar-refractivity contribution is 7.85. The summed E-state index contributed by atoms with van der Waals surface area (Å²) in [5, 5.41) is 10.2. The van der Waals surface area contributed by atoms with E-state index in [1.54, 1.807) is 6.08 Å². The lowest BCUT2D eigenvalue weighted by Crippen LogP contribution is -2.25. The molecule has 0 N–H and O–H groups in total. The number of rotatable bonds is 3. The number of hydrogen-bond donors (Lipinski definition) is 0. The number of allylic oxidation sites excluding steroid dienone is 2. The van der Waals surface area contributed by atoms with Gasteiger partial charge in [-0.25, -0.2) is 4.21 Å². The first-order chi connectivity index (χ1) is 12.9. The van der Waals surface area contributed by atoms with Crippen LogP contribution in [0.25, 0.3) is 0 Å². The first-order valence-corrected chi connectivity index (χ1v) is 10.2. The summed E-state index contributed by atoms with van der Waals surface area (Å²) in [6.07, 6.45) is 3.32. The van der Waals surface area contributed by atoms with E-state index >= 15 is 0 Å². The fraction of sp³-hybridized carbons (Fsp3) is 0.304. The normalized spacial score (nSPS) is 27.7. The van der Waals surface area contributed by atoms with Gasteiger partial charge in [0.1, 0.15) is 0 Å². The molecule has 0 aromatic heterocycles. The van der Waals surface area contributed by atoms with E-state index in [1.165, 1.54) is 0 Å². The number of carbonyl (C=O) groups excluding carboxylic acids is 1. The first-order valence-electron chi connectivity index (χ1n) is 9.10. The van der Waals surface area contributed by atoms with E-state index in [1.807, 2.05) is 55.5 Å². The monoisotopic (exact) mass is 375 g/mol. The van der Waals surface area contributed by atoms with Gasteiger partial charge in [0.05, 0.1) is 22.3 Å². The molecule has 0 spiro atoms. The molecule has 4 rings (SSSR count). The summed E-state index contributed by atoms with van der Waals surface area (Å²) in [5.74, 6) is 0.149. The third-order valence-corrected chi connectivity index (χ3v) is 7.37. The van der Waals surface area contributed by atoms with Crippen molar-refractivity contribution in [1.82, 2.24) is 0 Å². The van der Waals surface area contributed by atoms with Crippen LogP contribution in [0.5, 0.6) is 0 Å². The topological polar surface area (TPSA) is 57.9 Å². The van der Waals surface area contributed by atoms with Crippen molar-refractivity contribution in [2.75, 3.05) is 0 Å². The first kappa shape index (κ1) is 17.9. The molecular weight excluding hydrogens is 354 g/mol. The fourth-order valence-corrected chi connectivity index (χ4v) is 5.86. The van der Waals surface area contributed by atoms with Crippen LogP contribution in [0.3, 0.4) is 0 Å². The largest absolute Gasteiger partial charge is 0.295 e. The molecule has 1 saturated carbocycles. The lowest BCUT2D eigenvalue weighted by molar-refractivity contribution is -0.115. The Morgan fingerprint density at radius 3 is 2.44 bits per heavy atom. The van der Waals surface area contributed by atoms with Crippen LogP contribution in [0.2, 0.25) is 0 Å². The molecule has 0 radical (unpaired) electrons. The Balaban J connectivity index is 1.80. The zero-order valence-corrected chi connectivity index (χ0v) is 16.3. The average Bonchev–Trinajstić information content (AvgIpc) is 3.09.